The van der Waals surface area contributed by atoms with Crippen LogP contribution in [-0.4, -0.2) is 59.8 Å². The van der Waals surface area contributed by atoms with Gasteiger partial charge in [-0.2, -0.15) is 0 Å². The normalized spacial score (nSPS) is 30.7. The number of rotatable bonds is 3. The molecule has 6 nitrogen and oxygen atoms in total. The van der Waals surface area contributed by atoms with Crippen molar-refractivity contribution in [3.8, 4) is 0 Å². The van der Waals surface area contributed by atoms with Gasteiger partial charge in [0.05, 0.1) is 18.4 Å². The minimum atomic E-state index is 0.0170. The maximum absolute atomic E-state index is 13.0. The average molecular weight is 345 g/mol. The molecule has 3 aliphatic heterocycles. The summed E-state index contributed by atoms with van der Waals surface area (Å²) in [5.41, 5.74) is 1.08. The van der Waals surface area contributed by atoms with Gasteiger partial charge in [0.15, 0.2) is 0 Å². The SMILES string of the molecule is O=C([C@@H]1CCO[C@@H]2CCN(Cc3ccccn3)C[C@H]21)N1CCCCO1. The maximum Gasteiger partial charge on any atom is 0.249 e. The Morgan fingerprint density at radius 1 is 1.20 bits per heavy atom. The molecule has 0 saturated carbocycles. The van der Waals surface area contributed by atoms with Gasteiger partial charge in [-0.3, -0.25) is 19.5 Å². The molecule has 3 saturated heterocycles. The molecule has 0 aliphatic carbocycles. The van der Waals surface area contributed by atoms with Crippen molar-refractivity contribution in [2.24, 2.45) is 11.8 Å². The lowest BCUT2D eigenvalue weighted by Crippen LogP contribution is -2.54. The Morgan fingerprint density at radius 2 is 2.16 bits per heavy atom. The van der Waals surface area contributed by atoms with Gasteiger partial charge in [0, 0.05) is 50.8 Å². The van der Waals surface area contributed by atoms with Gasteiger partial charge >= 0.3 is 0 Å². The number of hydroxylamine groups is 2. The van der Waals surface area contributed by atoms with Crippen molar-refractivity contribution < 1.29 is 14.4 Å². The Balaban J connectivity index is 1.43. The van der Waals surface area contributed by atoms with E-state index in [1.165, 1.54) is 0 Å². The van der Waals surface area contributed by atoms with Crippen LogP contribution in [0.1, 0.15) is 31.4 Å². The van der Waals surface area contributed by atoms with Crippen molar-refractivity contribution in [2.75, 3.05) is 32.8 Å². The molecule has 3 atom stereocenters. The Kier molecular flexibility index (Phi) is 5.29. The third kappa shape index (κ3) is 3.86. The molecular formula is C19H27N3O3. The number of hydrogen-bond donors (Lipinski definition) is 0. The fourth-order valence-electron chi connectivity index (χ4n) is 4.31. The quantitative estimate of drug-likeness (QED) is 0.837. The van der Waals surface area contributed by atoms with Gasteiger partial charge in [0.1, 0.15) is 0 Å². The maximum atomic E-state index is 13.0. The number of amides is 1. The molecule has 0 radical (unpaired) electrons. The first kappa shape index (κ1) is 16.9. The number of piperidine rings is 1. The van der Waals surface area contributed by atoms with Crippen LogP contribution in [0.15, 0.2) is 24.4 Å². The molecule has 6 heteroatoms. The highest BCUT2D eigenvalue weighted by Gasteiger charge is 2.43. The first-order valence-electron chi connectivity index (χ1n) is 9.49. The summed E-state index contributed by atoms with van der Waals surface area (Å²) in [5, 5.41) is 1.62. The molecule has 1 amide bonds. The molecule has 4 rings (SSSR count). The number of fused-ring (bicyclic) bond motifs is 1. The molecule has 4 heterocycles. The van der Waals surface area contributed by atoms with Crippen molar-refractivity contribution in [2.45, 2.75) is 38.3 Å². The van der Waals surface area contributed by atoms with Gasteiger partial charge in [-0.05, 0) is 37.8 Å². The van der Waals surface area contributed by atoms with E-state index in [4.69, 9.17) is 9.57 Å². The molecule has 3 aliphatic rings. The van der Waals surface area contributed by atoms with Crippen LogP contribution in [0.5, 0.6) is 0 Å². The van der Waals surface area contributed by atoms with E-state index in [1.54, 1.807) is 5.06 Å². The van der Waals surface area contributed by atoms with Crippen LogP contribution < -0.4 is 0 Å². The van der Waals surface area contributed by atoms with Gasteiger partial charge in [0.25, 0.3) is 0 Å². The summed E-state index contributed by atoms with van der Waals surface area (Å²) >= 11 is 0. The van der Waals surface area contributed by atoms with Gasteiger partial charge in [-0.25, -0.2) is 5.06 Å². The predicted octanol–water partition coefficient (Wildman–Crippen LogP) is 1.86. The van der Waals surface area contributed by atoms with E-state index in [9.17, 15) is 4.79 Å². The molecule has 136 valence electrons. The van der Waals surface area contributed by atoms with Crippen LogP contribution in [0.4, 0.5) is 0 Å². The highest BCUT2D eigenvalue weighted by molar-refractivity contribution is 5.78. The summed E-state index contributed by atoms with van der Waals surface area (Å²) in [6, 6.07) is 6.03. The van der Waals surface area contributed by atoms with Gasteiger partial charge in [0.2, 0.25) is 5.91 Å². The standard InChI is InChI=1S/C19H27N3O3/c23-19(22-9-3-4-11-25-22)16-7-12-24-18-6-10-21(14-17(16)18)13-15-5-1-2-8-20-15/h1-2,5,8,16-18H,3-4,6-7,9-14H2/t16-,17+,18-/m1/s1. The van der Waals surface area contributed by atoms with E-state index < -0.39 is 0 Å². The molecule has 1 aromatic rings. The highest BCUT2D eigenvalue weighted by Crippen LogP contribution is 2.35. The van der Waals surface area contributed by atoms with Gasteiger partial charge < -0.3 is 4.74 Å². The van der Waals surface area contributed by atoms with E-state index in [0.29, 0.717) is 13.2 Å². The second-order valence-electron chi connectivity index (χ2n) is 7.29. The van der Waals surface area contributed by atoms with E-state index in [-0.39, 0.29) is 23.8 Å². The molecule has 0 unspecified atom stereocenters. The van der Waals surface area contributed by atoms with E-state index in [2.05, 4.69) is 16.0 Å². The van der Waals surface area contributed by atoms with Gasteiger partial charge in [-0.1, -0.05) is 6.07 Å². The average Bonchev–Trinajstić information content (AvgIpc) is 2.68. The lowest BCUT2D eigenvalue weighted by atomic mass is 9.78. The lowest BCUT2D eigenvalue weighted by Gasteiger charge is -2.45. The lowest BCUT2D eigenvalue weighted by molar-refractivity contribution is -0.209. The first-order chi connectivity index (χ1) is 12.3. The highest BCUT2D eigenvalue weighted by atomic mass is 16.7. The zero-order chi connectivity index (χ0) is 17.1. The monoisotopic (exact) mass is 345 g/mol. The van der Waals surface area contributed by atoms with E-state index >= 15 is 0 Å². The van der Waals surface area contributed by atoms with E-state index in [0.717, 1.165) is 57.6 Å². The third-order valence-corrected chi connectivity index (χ3v) is 5.63. The molecule has 1 aromatic heterocycles. The number of hydrogen-bond acceptors (Lipinski definition) is 5. The van der Waals surface area contributed by atoms with Crippen LogP contribution in [0.2, 0.25) is 0 Å². The largest absolute Gasteiger partial charge is 0.378 e. The zero-order valence-corrected chi connectivity index (χ0v) is 14.7. The first-order valence-corrected chi connectivity index (χ1v) is 9.49. The predicted molar refractivity (Wildman–Crippen MR) is 92.4 cm³/mol. The number of nitrogens with zero attached hydrogens (tertiary/aromatic N) is 3. The van der Waals surface area contributed by atoms with E-state index in [1.807, 2.05) is 18.3 Å². The minimum absolute atomic E-state index is 0.0170. The molecule has 25 heavy (non-hydrogen) atoms. The van der Waals surface area contributed by atoms with Crippen molar-refractivity contribution in [3.05, 3.63) is 30.1 Å². The number of aromatic nitrogens is 1. The van der Waals surface area contributed by atoms with Crippen LogP contribution in [0, 0.1) is 11.8 Å². The molecule has 0 N–H and O–H groups in total. The molecule has 0 aromatic carbocycles. The van der Waals surface area contributed by atoms with Crippen molar-refractivity contribution >= 4 is 5.91 Å². The summed E-state index contributed by atoms with van der Waals surface area (Å²) in [4.78, 5) is 25.5. The third-order valence-electron chi connectivity index (χ3n) is 5.63. The summed E-state index contributed by atoms with van der Waals surface area (Å²) in [5.74, 6) is 0.435. The summed E-state index contributed by atoms with van der Waals surface area (Å²) in [7, 11) is 0. The molecule has 0 spiro atoms. The Bertz CT molecular complexity index is 577. The number of carbonyl (C=O) groups excluding carboxylic acids is 1. The minimum Gasteiger partial charge on any atom is -0.378 e. The smallest absolute Gasteiger partial charge is 0.249 e. The number of likely N-dealkylation sites (tertiary alicyclic amines) is 1. The Labute approximate surface area is 149 Å². The number of carbonyl (C=O) groups is 1. The Hall–Kier alpha value is -1.50. The Morgan fingerprint density at radius 3 is 2.96 bits per heavy atom. The molecular weight excluding hydrogens is 318 g/mol. The van der Waals surface area contributed by atoms with Crippen LogP contribution in [0.25, 0.3) is 0 Å². The topological polar surface area (TPSA) is 54.9 Å². The second kappa shape index (κ2) is 7.81. The number of pyridine rings is 1. The van der Waals surface area contributed by atoms with Crippen molar-refractivity contribution in [3.63, 3.8) is 0 Å². The van der Waals surface area contributed by atoms with Gasteiger partial charge in [-0.15, -0.1) is 0 Å². The molecule has 3 fully saturated rings. The summed E-state index contributed by atoms with van der Waals surface area (Å²) in [6.07, 6.45) is 5.91. The van der Waals surface area contributed by atoms with Crippen LogP contribution >= 0.6 is 0 Å². The fourth-order valence-corrected chi connectivity index (χ4v) is 4.31. The van der Waals surface area contributed by atoms with Crippen LogP contribution in [-0.2, 0) is 20.9 Å². The summed E-state index contributed by atoms with van der Waals surface area (Å²) < 4.78 is 5.99. The van der Waals surface area contributed by atoms with Crippen molar-refractivity contribution in [1.29, 1.82) is 0 Å². The van der Waals surface area contributed by atoms with Crippen molar-refractivity contribution in [1.82, 2.24) is 14.9 Å². The zero-order valence-electron chi connectivity index (χ0n) is 14.7. The fraction of sp³-hybridized carbons (Fsp3) is 0.684. The molecule has 0 bridgehead atoms. The van der Waals surface area contributed by atoms with Crippen LogP contribution in [0.3, 0.4) is 0 Å². The second-order valence-corrected chi connectivity index (χ2v) is 7.29. The number of ether oxygens (including phenoxy) is 1. The summed E-state index contributed by atoms with van der Waals surface area (Å²) in [6.45, 7) is 4.81.